The summed E-state index contributed by atoms with van der Waals surface area (Å²) in [6, 6.07) is 9.75. The normalized spacial score (nSPS) is 17.0. The Balaban J connectivity index is 1.52. The first-order valence-electron chi connectivity index (χ1n) is 10.4. The van der Waals surface area contributed by atoms with E-state index in [0.717, 1.165) is 29.7 Å². The molecule has 1 atom stereocenters. The number of likely N-dealkylation sites (tertiary alicyclic amines) is 1. The smallest absolute Gasteiger partial charge is 0.274 e. The molecule has 158 valence electrons. The Labute approximate surface area is 175 Å². The van der Waals surface area contributed by atoms with E-state index in [1.165, 1.54) is 0 Å². The number of nitrogens with one attached hydrogen (secondary N) is 1. The second-order valence-electron chi connectivity index (χ2n) is 8.29. The third-order valence-corrected chi connectivity index (χ3v) is 5.77. The van der Waals surface area contributed by atoms with E-state index in [1.54, 1.807) is 17.8 Å². The molecule has 4 rings (SSSR count). The maximum absolute atomic E-state index is 13.1. The van der Waals surface area contributed by atoms with Crippen molar-refractivity contribution >= 4 is 28.7 Å². The van der Waals surface area contributed by atoms with E-state index in [2.05, 4.69) is 21.0 Å². The van der Waals surface area contributed by atoms with Crippen LogP contribution in [0, 0.1) is 5.92 Å². The fourth-order valence-electron chi connectivity index (χ4n) is 4.02. The standard InChI is InChI=1S/C22H28N6O2/c1-14(2)21(29)24-19-12-17(25-27(19)4)22(30)28-11-7-8-15(13-28)20-23-16-9-5-6-10-18(16)26(20)3/h5-6,9-10,12,14-15H,7-8,11,13H2,1-4H3,(H,24,29). The maximum atomic E-state index is 13.1. The van der Waals surface area contributed by atoms with E-state index in [4.69, 9.17) is 4.98 Å². The van der Waals surface area contributed by atoms with E-state index in [-0.39, 0.29) is 23.7 Å². The molecule has 8 nitrogen and oxygen atoms in total. The van der Waals surface area contributed by atoms with Gasteiger partial charge >= 0.3 is 0 Å². The van der Waals surface area contributed by atoms with E-state index in [9.17, 15) is 9.59 Å². The fraction of sp³-hybridized carbons (Fsp3) is 0.455. The molecule has 30 heavy (non-hydrogen) atoms. The van der Waals surface area contributed by atoms with Gasteiger partial charge in [-0.2, -0.15) is 5.10 Å². The summed E-state index contributed by atoms with van der Waals surface area (Å²) in [6.07, 6.45) is 1.92. The van der Waals surface area contributed by atoms with Crippen molar-refractivity contribution in [1.29, 1.82) is 0 Å². The number of hydrogen-bond donors (Lipinski definition) is 1. The number of amides is 2. The summed E-state index contributed by atoms with van der Waals surface area (Å²) in [7, 11) is 3.76. The SMILES string of the molecule is CC(C)C(=O)Nc1cc(C(=O)N2CCCC(c3nc4ccccc4n3C)C2)nn1C. The van der Waals surface area contributed by atoms with Gasteiger partial charge in [-0.15, -0.1) is 0 Å². The first kappa shape index (κ1) is 20.1. The van der Waals surface area contributed by atoms with Gasteiger partial charge < -0.3 is 14.8 Å². The van der Waals surface area contributed by atoms with Crippen molar-refractivity contribution in [1.82, 2.24) is 24.2 Å². The quantitative estimate of drug-likeness (QED) is 0.719. The third-order valence-electron chi connectivity index (χ3n) is 5.77. The topological polar surface area (TPSA) is 85.1 Å². The molecule has 1 fully saturated rings. The Bertz CT molecular complexity index is 1100. The number of imidazole rings is 1. The van der Waals surface area contributed by atoms with Gasteiger partial charge in [0.05, 0.1) is 11.0 Å². The molecule has 0 spiro atoms. The number of carbonyl (C=O) groups is 2. The van der Waals surface area contributed by atoms with E-state index >= 15 is 0 Å². The molecule has 3 aromatic rings. The molecule has 1 unspecified atom stereocenters. The van der Waals surface area contributed by atoms with Crippen LogP contribution in [0.3, 0.4) is 0 Å². The molecule has 1 aliphatic rings. The number of hydrogen-bond acceptors (Lipinski definition) is 4. The lowest BCUT2D eigenvalue weighted by molar-refractivity contribution is -0.118. The van der Waals surface area contributed by atoms with Crippen LogP contribution in [-0.4, -0.2) is 49.1 Å². The first-order valence-corrected chi connectivity index (χ1v) is 10.4. The zero-order valence-electron chi connectivity index (χ0n) is 17.9. The summed E-state index contributed by atoms with van der Waals surface area (Å²) in [6.45, 7) is 4.96. The zero-order chi connectivity index (χ0) is 21.4. The van der Waals surface area contributed by atoms with Gasteiger partial charge in [0.15, 0.2) is 5.69 Å². The Morgan fingerprint density at radius 1 is 1.20 bits per heavy atom. The van der Waals surface area contributed by atoms with Crippen LogP contribution < -0.4 is 5.32 Å². The first-order chi connectivity index (χ1) is 14.3. The van der Waals surface area contributed by atoms with Crippen molar-refractivity contribution in [3.63, 3.8) is 0 Å². The molecule has 0 radical (unpaired) electrons. The number of para-hydroxylation sites is 2. The zero-order valence-corrected chi connectivity index (χ0v) is 17.9. The highest BCUT2D eigenvalue weighted by Crippen LogP contribution is 2.29. The van der Waals surface area contributed by atoms with E-state index < -0.39 is 0 Å². The molecule has 1 aromatic carbocycles. The van der Waals surface area contributed by atoms with Crippen LogP contribution in [0.15, 0.2) is 30.3 Å². The predicted octanol–water partition coefficient (Wildman–Crippen LogP) is 2.92. The number of aromatic nitrogens is 4. The molecule has 1 aliphatic heterocycles. The van der Waals surface area contributed by atoms with E-state index in [1.807, 2.05) is 44.0 Å². The molecule has 1 saturated heterocycles. The van der Waals surface area contributed by atoms with Gasteiger partial charge in [0.1, 0.15) is 11.6 Å². The van der Waals surface area contributed by atoms with Crippen molar-refractivity contribution in [2.24, 2.45) is 20.0 Å². The highest BCUT2D eigenvalue weighted by Gasteiger charge is 2.30. The van der Waals surface area contributed by atoms with Gasteiger partial charge in [0, 0.05) is 45.1 Å². The summed E-state index contributed by atoms with van der Waals surface area (Å²) in [5.74, 6) is 1.37. The average Bonchev–Trinajstić information content (AvgIpc) is 3.27. The summed E-state index contributed by atoms with van der Waals surface area (Å²) in [5, 5.41) is 7.16. The average molecular weight is 409 g/mol. The number of anilines is 1. The summed E-state index contributed by atoms with van der Waals surface area (Å²) in [4.78, 5) is 31.8. The number of fused-ring (bicyclic) bond motifs is 1. The lowest BCUT2D eigenvalue weighted by atomic mass is 9.97. The monoisotopic (exact) mass is 408 g/mol. The van der Waals surface area contributed by atoms with Crippen LogP contribution in [0.4, 0.5) is 5.82 Å². The lowest BCUT2D eigenvalue weighted by Crippen LogP contribution is -2.40. The van der Waals surface area contributed by atoms with Crippen molar-refractivity contribution in [3.05, 3.63) is 41.9 Å². The maximum Gasteiger partial charge on any atom is 0.274 e. The molecule has 0 saturated carbocycles. The molecule has 8 heteroatoms. The number of benzene rings is 1. The minimum Gasteiger partial charge on any atom is -0.337 e. The predicted molar refractivity (Wildman–Crippen MR) is 115 cm³/mol. The van der Waals surface area contributed by atoms with Gasteiger partial charge in [0.2, 0.25) is 5.91 Å². The Morgan fingerprint density at radius 3 is 2.70 bits per heavy atom. The number of piperidine rings is 1. The molecule has 2 aromatic heterocycles. The summed E-state index contributed by atoms with van der Waals surface area (Å²) in [5.41, 5.74) is 2.43. The Kier molecular flexibility index (Phi) is 5.32. The Morgan fingerprint density at radius 2 is 1.97 bits per heavy atom. The second-order valence-corrected chi connectivity index (χ2v) is 8.29. The summed E-state index contributed by atoms with van der Waals surface area (Å²) < 4.78 is 3.68. The Hall–Kier alpha value is -3.16. The molecular weight excluding hydrogens is 380 g/mol. The van der Waals surface area contributed by atoms with Crippen molar-refractivity contribution < 1.29 is 9.59 Å². The van der Waals surface area contributed by atoms with Crippen molar-refractivity contribution in [2.75, 3.05) is 18.4 Å². The molecule has 0 bridgehead atoms. The molecular formula is C22H28N6O2. The van der Waals surface area contributed by atoms with Gasteiger partial charge in [0.25, 0.3) is 5.91 Å². The lowest BCUT2D eigenvalue weighted by Gasteiger charge is -2.32. The minimum atomic E-state index is -0.143. The fourth-order valence-corrected chi connectivity index (χ4v) is 4.02. The molecule has 0 aliphatic carbocycles. The van der Waals surface area contributed by atoms with Crippen LogP contribution in [0.2, 0.25) is 0 Å². The number of aryl methyl sites for hydroxylation is 2. The van der Waals surface area contributed by atoms with Gasteiger partial charge in [-0.25, -0.2) is 4.98 Å². The highest BCUT2D eigenvalue weighted by atomic mass is 16.2. The minimum absolute atomic E-state index is 0.100. The van der Waals surface area contributed by atoms with Gasteiger partial charge in [-0.3, -0.25) is 14.3 Å². The van der Waals surface area contributed by atoms with Crippen LogP contribution in [0.25, 0.3) is 11.0 Å². The molecule has 3 heterocycles. The van der Waals surface area contributed by atoms with Gasteiger partial charge in [-0.05, 0) is 25.0 Å². The van der Waals surface area contributed by atoms with Crippen LogP contribution >= 0.6 is 0 Å². The summed E-state index contributed by atoms with van der Waals surface area (Å²) >= 11 is 0. The number of carbonyl (C=O) groups excluding carboxylic acids is 2. The van der Waals surface area contributed by atoms with Crippen molar-refractivity contribution in [2.45, 2.75) is 32.6 Å². The van der Waals surface area contributed by atoms with Crippen LogP contribution in [-0.2, 0) is 18.9 Å². The number of nitrogens with zero attached hydrogens (tertiary/aromatic N) is 5. The van der Waals surface area contributed by atoms with Crippen LogP contribution in [0.1, 0.15) is 48.9 Å². The largest absolute Gasteiger partial charge is 0.337 e. The highest BCUT2D eigenvalue weighted by molar-refractivity contribution is 5.96. The van der Waals surface area contributed by atoms with E-state index in [0.29, 0.717) is 24.6 Å². The number of rotatable bonds is 4. The third kappa shape index (κ3) is 3.69. The van der Waals surface area contributed by atoms with Crippen molar-refractivity contribution in [3.8, 4) is 0 Å². The molecule has 2 amide bonds. The molecule has 1 N–H and O–H groups in total. The van der Waals surface area contributed by atoms with Gasteiger partial charge in [-0.1, -0.05) is 26.0 Å². The van der Waals surface area contributed by atoms with Crippen LogP contribution in [0.5, 0.6) is 0 Å². The second kappa shape index (κ2) is 7.93.